The molecule has 7 aromatic carbocycles. The molecule has 6 heteroatoms. The minimum Gasteiger partial charge on any atom is -0.455 e. The average molecular weight is 678 g/mol. The Bertz CT molecular complexity index is 2920. The van der Waals surface area contributed by atoms with Gasteiger partial charge in [-0.15, -0.1) is 0 Å². The molecule has 0 aliphatic heterocycles. The summed E-state index contributed by atoms with van der Waals surface area (Å²) in [6, 6.07) is 58.1. The molecule has 0 spiro atoms. The molecular formula is C47H27N5O. The van der Waals surface area contributed by atoms with E-state index in [4.69, 9.17) is 19.4 Å². The molecule has 0 aliphatic rings. The number of nitrogens with zero attached hydrogens (tertiary/aromatic N) is 5. The molecule has 0 saturated heterocycles. The van der Waals surface area contributed by atoms with Gasteiger partial charge in [0, 0.05) is 33.0 Å². The number of fused-ring (bicyclic) bond motifs is 3. The van der Waals surface area contributed by atoms with Gasteiger partial charge in [-0.1, -0.05) is 115 Å². The zero-order valence-corrected chi connectivity index (χ0v) is 28.2. The number of hydrogen-bond acceptors (Lipinski definition) is 6. The van der Waals surface area contributed by atoms with E-state index in [0.29, 0.717) is 39.8 Å². The Balaban J connectivity index is 1.31. The lowest BCUT2D eigenvalue weighted by Crippen LogP contribution is -2.00. The first-order valence-corrected chi connectivity index (χ1v) is 17.1. The SMILES string of the molecule is N#Cc1cccc(-c2cc(-c3cccc(C#N)c3)c3oc4cccc(-c5nc(-c6ccccc6)nc(-c6cccc(-c7ccccc7)c6)n5)c4c3c2)c1. The van der Waals surface area contributed by atoms with Crippen LogP contribution < -0.4 is 0 Å². The Morgan fingerprint density at radius 3 is 1.66 bits per heavy atom. The van der Waals surface area contributed by atoms with Gasteiger partial charge in [0.15, 0.2) is 17.5 Å². The summed E-state index contributed by atoms with van der Waals surface area (Å²) in [4.78, 5) is 15.2. The van der Waals surface area contributed by atoms with Crippen LogP contribution in [0.25, 0.3) is 89.5 Å². The monoisotopic (exact) mass is 677 g/mol. The van der Waals surface area contributed by atoms with Crippen LogP contribution in [0.15, 0.2) is 168 Å². The van der Waals surface area contributed by atoms with Gasteiger partial charge in [-0.25, -0.2) is 15.0 Å². The van der Waals surface area contributed by atoms with Crippen molar-refractivity contribution in [2.45, 2.75) is 0 Å². The largest absolute Gasteiger partial charge is 0.455 e. The number of benzene rings is 7. The molecule has 246 valence electrons. The summed E-state index contributed by atoms with van der Waals surface area (Å²) in [5.41, 5.74) is 10.6. The molecule has 0 bridgehead atoms. The van der Waals surface area contributed by atoms with Gasteiger partial charge in [0.05, 0.1) is 23.3 Å². The maximum atomic E-state index is 9.75. The van der Waals surface area contributed by atoms with E-state index in [1.165, 1.54) is 0 Å². The summed E-state index contributed by atoms with van der Waals surface area (Å²) in [7, 11) is 0. The van der Waals surface area contributed by atoms with E-state index >= 15 is 0 Å². The van der Waals surface area contributed by atoms with E-state index in [2.05, 4.69) is 48.5 Å². The van der Waals surface area contributed by atoms with Crippen LogP contribution in [0.5, 0.6) is 0 Å². The van der Waals surface area contributed by atoms with Crippen LogP contribution in [0, 0.1) is 22.7 Å². The van der Waals surface area contributed by atoms with Crippen molar-refractivity contribution in [2.24, 2.45) is 0 Å². The lowest BCUT2D eigenvalue weighted by atomic mass is 9.93. The number of rotatable bonds is 6. The molecule has 0 fully saturated rings. The van der Waals surface area contributed by atoms with Gasteiger partial charge in [0.1, 0.15) is 11.2 Å². The zero-order valence-electron chi connectivity index (χ0n) is 28.2. The predicted octanol–water partition coefficient (Wildman–Crippen LogP) is 11.5. The molecule has 0 N–H and O–H groups in total. The van der Waals surface area contributed by atoms with Crippen molar-refractivity contribution in [3.63, 3.8) is 0 Å². The number of aromatic nitrogens is 3. The molecule has 2 heterocycles. The first-order valence-electron chi connectivity index (χ1n) is 17.1. The maximum Gasteiger partial charge on any atom is 0.164 e. The summed E-state index contributed by atoms with van der Waals surface area (Å²) in [6.45, 7) is 0. The second-order valence-corrected chi connectivity index (χ2v) is 12.7. The van der Waals surface area contributed by atoms with Gasteiger partial charge in [-0.2, -0.15) is 10.5 Å². The number of hydrogen-bond donors (Lipinski definition) is 0. The van der Waals surface area contributed by atoms with Crippen molar-refractivity contribution in [3.05, 3.63) is 175 Å². The van der Waals surface area contributed by atoms with Gasteiger partial charge in [0.2, 0.25) is 0 Å². The fourth-order valence-corrected chi connectivity index (χ4v) is 6.83. The van der Waals surface area contributed by atoms with Crippen molar-refractivity contribution in [1.29, 1.82) is 10.5 Å². The molecule has 0 amide bonds. The second kappa shape index (κ2) is 13.2. The Morgan fingerprint density at radius 2 is 0.943 bits per heavy atom. The standard InChI is InChI=1S/C47H27N5O/c48-28-30-11-7-17-34(23-30)38-26-40(36-19-8-12-31(24-36)29-49)44-41(27-38)43-39(21-10-22-42(43)53-44)47-51-45(33-15-5-2-6-16-33)50-46(52-47)37-20-9-18-35(25-37)32-13-3-1-4-14-32/h1-27H. The lowest BCUT2D eigenvalue weighted by molar-refractivity contribution is 0.670. The van der Waals surface area contributed by atoms with Crippen LogP contribution in [0.4, 0.5) is 0 Å². The van der Waals surface area contributed by atoms with E-state index in [1.807, 2.05) is 115 Å². The minimum atomic E-state index is 0.511. The molecule has 9 aromatic rings. The van der Waals surface area contributed by atoms with Gasteiger partial charge in [-0.05, 0) is 76.3 Å². The number of furan rings is 1. The van der Waals surface area contributed by atoms with E-state index in [-0.39, 0.29) is 0 Å². The summed E-state index contributed by atoms with van der Waals surface area (Å²) in [6.07, 6.45) is 0. The van der Waals surface area contributed by atoms with Crippen molar-refractivity contribution in [2.75, 3.05) is 0 Å². The molecule has 0 unspecified atom stereocenters. The molecular weight excluding hydrogens is 651 g/mol. The minimum absolute atomic E-state index is 0.511. The third-order valence-electron chi connectivity index (χ3n) is 9.36. The molecule has 0 aliphatic carbocycles. The first kappa shape index (κ1) is 31.3. The van der Waals surface area contributed by atoms with Gasteiger partial charge in [0.25, 0.3) is 0 Å². The van der Waals surface area contributed by atoms with E-state index < -0.39 is 0 Å². The molecule has 53 heavy (non-hydrogen) atoms. The van der Waals surface area contributed by atoms with Gasteiger partial charge >= 0.3 is 0 Å². The van der Waals surface area contributed by atoms with Crippen LogP contribution in [0.2, 0.25) is 0 Å². The Hall–Kier alpha value is -7.67. The third-order valence-corrected chi connectivity index (χ3v) is 9.36. The molecule has 9 rings (SSSR count). The van der Waals surface area contributed by atoms with Crippen molar-refractivity contribution >= 4 is 21.9 Å². The van der Waals surface area contributed by atoms with Crippen molar-refractivity contribution in [1.82, 2.24) is 15.0 Å². The average Bonchev–Trinajstić information content (AvgIpc) is 3.63. The molecule has 2 aromatic heterocycles. The van der Waals surface area contributed by atoms with E-state index in [1.54, 1.807) is 12.1 Å². The normalized spacial score (nSPS) is 11.0. The van der Waals surface area contributed by atoms with Crippen LogP contribution in [0.3, 0.4) is 0 Å². The Labute approximate surface area is 305 Å². The van der Waals surface area contributed by atoms with Crippen LogP contribution in [-0.4, -0.2) is 15.0 Å². The molecule has 0 radical (unpaired) electrons. The highest BCUT2D eigenvalue weighted by molar-refractivity contribution is 6.16. The highest BCUT2D eigenvalue weighted by Gasteiger charge is 2.21. The van der Waals surface area contributed by atoms with E-state index in [9.17, 15) is 10.5 Å². The lowest BCUT2D eigenvalue weighted by Gasteiger charge is -2.11. The Morgan fingerprint density at radius 1 is 0.396 bits per heavy atom. The first-order chi connectivity index (χ1) is 26.1. The quantitative estimate of drug-likeness (QED) is 0.174. The third kappa shape index (κ3) is 5.87. The van der Waals surface area contributed by atoms with Crippen molar-refractivity contribution in [3.8, 4) is 79.7 Å². The predicted molar refractivity (Wildman–Crippen MR) is 209 cm³/mol. The van der Waals surface area contributed by atoms with Crippen LogP contribution in [-0.2, 0) is 0 Å². The maximum absolute atomic E-state index is 9.75. The van der Waals surface area contributed by atoms with E-state index in [0.717, 1.165) is 60.8 Å². The fourth-order valence-electron chi connectivity index (χ4n) is 6.83. The fraction of sp³-hybridized carbons (Fsp3) is 0. The zero-order chi connectivity index (χ0) is 35.7. The molecule has 0 atom stereocenters. The van der Waals surface area contributed by atoms with Crippen LogP contribution in [0.1, 0.15) is 11.1 Å². The molecule has 0 saturated carbocycles. The Kier molecular flexibility index (Phi) is 7.82. The molecule has 6 nitrogen and oxygen atoms in total. The second-order valence-electron chi connectivity index (χ2n) is 12.7. The number of nitriles is 2. The highest BCUT2D eigenvalue weighted by Crippen LogP contribution is 2.43. The van der Waals surface area contributed by atoms with Crippen LogP contribution >= 0.6 is 0 Å². The topological polar surface area (TPSA) is 99.4 Å². The summed E-state index contributed by atoms with van der Waals surface area (Å²) in [5, 5.41) is 21.2. The smallest absolute Gasteiger partial charge is 0.164 e. The summed E-state index contributed by atoms with van der Waals surface area (Å²) < 4.78 is 6.70. The summed E-state index contributed by atoms with van der Waals surface area (Å²) >= 11 is 0. The van der Waals surface area contributed by atoms with Crippen molar-refractivity contribution < 1.29 is 4.42 Å². The van der Waals surface area contributed by atoms with Gasteiger partial charge in [-0.3, -0.25) is 0 Å². The van der Waals surface area contributed by atoms with Gasteiger partial charge < -0.3 is 4.42 Å². The summed E-state index contributed by atoms with van der Waals surface area (Å²) in [5.74, 6) is 1.63. The highest BCUT2D eigenvalue weighted by atomic mass is 16.3.